The molecule has 0 radical (unpaired) electrons. The second-order valence-electron chi connectivity index (χ2n) is 8.02. The minimum atomic E-state index is -1.57. The molecule has 3 rings (SSSR count). The second kappa shape index (κ2) is 19.8. The molecule has 1 aromatic carbocycles. The van der Waals surface area contributed by atoms with Crippen molar-refractivity contribution in [3.8, 4) is 0 Å². The zero-order valence-electron chi connectivity index (χ0n) is 21.2. The number of likely N-dealkylation sites (N-methyl/N-ethyl adjacent to an activating group) is 1. The van der Waals surface area contributed by atoms with Gasteiger partial charge in [0, 0.05) is 36.4 Å². The first-order valence-electron chi connectivity index (χ1n) is 10.5. The zero-order valence-corrected chi connectivity index (χ0v) is 23.4. The normalized spacial score (nSPS) is 21.9. The maximum Gasteiger partial charge on any atom is 2.00 e. The smallest absolute Gasteiger partial charge is 0.550 e. The van der Waals surface area contributed by atoms with Gasteiger partial charge < -0.3 is 63.1 Å². The maximum atomic E-state index is 12.3. The van der Waals surface area contributed by atoms with Crippen LogP contribution in [0.25, 0.3) is 0 Å². The van der Waals surface area contributed by atoms with Crippen LogP contribution in [0.15, 0.2) is 24.3 Å². The molecule has 2 aliphatic heterocycles. The molecule has 3 unspecified atom stereocenters. The third-order valence-electron chi connectivity index (χ3n) is 5.75. The predicted octanol–water partition coefficient (Wildman–Crippen LogP) is -9.47. The van der Waals surface area contributed by atoms with Crippen molar-refractivity contribution in [3.63, 3.8) is 0 Å². The van der Waals surface area contributed by atoms with E-state index in [1.54, 1.807) is 12.1 Å². The molecule has 2 aliphatic rings. The van der Waals surface area contributed by atoms with Gasteiger partial charge >= 0.3 is 37.7 Å². The van der Waals surface area contributed by atoms with Gasteiger partial charge in [-0.15, -0.1) is 0 Å². The molecule has 18 nitrogen and oxygen atoms in total. The molecule has 5 atom stereocenters. The average Bonchev–Trinajstić information content (AvgIpc) is 2.75. The summed E-state index contributed by atoms with van der Waals surface area (Å²) < 4.78 is 0. The standard InChI is InChI=1S/C20H29N7O6.Ca.5H2O/c1-27-12(9-23-16-15(27)18(31)26-20(21)25-16)8-22-11-4-2-10(3-5-11)17(30)24-13(19(32)33)6-7-14(28)29;;;;;;/h2-5,12-13,15-16,20,22-23,25H,6-9,21H2,1H3,(H,24,30)(H,26,31)(H,28,29)(H,32,33);;5*1H2/q;+2;;;;;/p-2/t12-,13-,15?,16?,20?;;;;;;/m0....../s1. The molecule has 0 saturated carbocycles. The van der Waals surface area contributed by atoms with Crippen LogP contribution in [0.5, 0.6) is 0 Å². The largest absolute Gasteiger partial charge is 2.00 e. The van der Waals surface area contributed by atoms with E-state index in [-0.39, 0.29) is 95.2 Å². The van der Waals surface area contributed by atoms with Crippen molar-refractivity contribution in [2.75, 3.05) is 25.5 Å². The Kier molecular flexibility index (Phi) is 22.3. The fourth-order valence-corrected chi connectivity index (χ4v) is 3.89. The monoisotopic (exact) mass is 591 g/mol. The van der Waals surface area contributed by atoms with Gasteiger partial charge in [-0.25, -0.2) is 0 Å². The molecule has 220 valence electrons. The summed E-state index contributed by atoms with van der Waals surface area (Å²) in [7, 11) is 1.87. The minimum Gasteiger partial charge on any atom is -0.550 e. The Labute approximate surface area is 253 Å². The number of rotatable bonds is 9. The third-order valence-corrected chi connectivity index (χ3v) is 5.75. The van der Waals surface area contributed by atoms with Crippen molar-refractivity contribution in [1.29, 1.82) is 0 Å². The van der Waals surface area contributed by atoms with Gasteiger partial charge in [-0.1, -0.05) is 0 Å². The van der Waals surface area contributed by atoms with Gasteiger partial charge in [0.1, 0.15) is 12.3 Å². The SMILES string of the molecule is CN1C2C(=O)NC(N)NC2NC[C@@H]1CNc1ccc(C(=O)N[C@@H](CCC(=O)[O-])C(=O)[O-])cc1.O.O.O.O.O.[Ca+2]. The minimum absolute atomic E-state index is 0. The molecule has 39 heavy (non-hydrogen) atoms. The van der Waals surface area contributed by atoms with Crippen LogP contribution in [-0.2, 0) is 14.4 Å². The first-order valence-corrected chi connectivity index (χ1v) is 10.5. The van der Waals surface area contributed by atoms with Crippen molar-refractivity contribution in [1.82, 2.24) is 26.2 Å². The molecule has 2 saturated heterocycles. The Morgan fingerprint density at radius 2 is 1.69 bits per heavy atom. The molecule has 0 spiro atoms. The van der Waals surface area contributed by atoms with Gasteiger partial charge in [0.25, 0.3) is 5.91 Å². The fraction of sp³-hybridized carbons (Fsp3) is 0.500. The molecule has 0 aliphatic carbocycles. The fourth-order valence-electron chi connectivity index (χ4n) is 3.89. The number of aliphatic carboxylic acids is 2. The van der Waals surface area contributed by atoms with E-state index in [0.717, 1.165) is 5.69 Å². The molecule has 0 bridgehead atoms. The Bertz CT molecular complexity index is 913. The van der Waals surface area contributed by atoms with Crippen LogP contribution >= 0.6 is 0 Å². The number of carboxylic acids is 2. The van der Waals surface area contributed by atoms with Crippen LogP contribution in [0.4, 0.5) is 5.69 Å². The number of carbonyl (C=O) groups is 4. The van der Waals surface area contributed by atoms with Crippen LogP contribution in [0.3, 0.4) is 0 Å². The molecule has 0 aromatic heterocycles. The van der Waals surface area contributed by atoms with Crippen LogP contribution < -0.4 is 42.5 Å². The van der Waals surface area contributed by atoms with E-state index in [1.807, 2.05) is 11.9 Å². The molecule has 17 N–H and O–H groups in total. The van der Waals surface area contributed by atoms with Gasteiger partial charge in [-0.2, -0.15) is 0 Å². The number of carbonyl (C=O) groups excluding carboxylic acids is 4. The number of hydrogen-bond donors (Lipinski definition) is 6. The van der Waals surface area contributed by atoms with E-state index >= 15 is 0 Å². The van der Waals surface area contributed by atoms with Crippen LogP contribution in [0.1, 0.15) is 23.2 Å². The number of nitrogens with one attached hydrogen (secondary N) is 5. The van der Waals surface area contributed by atoms with Crippen LogP contribution in [-0.4, -0.2) is 144 Å². The van der Waals surface area contributed by atoms with Crippen LogP contribution in [0, 0.1) is 0 Å². The van der Waals surface area contributed by atoms with Crippen LogP contribution in [0.2, 0.25) is 0 Å². The summed E-state index contributed by atoms with van der Waals surface area (Å²) in [5, 5.41) is 36.2. The molecule has 19 heteroatoms. The van der Waals surface area contributed by atoms with Gasteiger partial charge in [0.2, 0.25) is 5.91 Å². The second-order valence-corrected chi connectivity index (χ2v) is 8.02. The molecule has 2 amide bonds. The van der Waals surface area contributed by atoms with Crippen molar-refractivity contribution in [2.45, 2.75) is 43.4 Å². The summed E-state index contributed by atoms with van der Waals surface area (Å²) in [4.78, 5) is 48.2. The van der Waals surface area contributed by atoms with Crippen molar-refractivity contribution in [3.05, 3.63) is 29.8 Å². The van der Waals surface area contributed by atoms with E-state index in [0.29, 0.717) is 13.1 Å². The molecule has 2 fully saturated rings. The average molecular weight is 592 g/mol. The number of amides is 2. The Morgan fingerprint density at radius 1 is 1.10 bits per heavy atom. The number of nitrogens with two attached hydrogens (primary N) is 1. The summed E-state index contributed by atoms with van der Waals surface area (Å²) in [5.74, 6) is -3.80. The summed E-state index contributed by atoms with van der Waals surface area (Å²) in [5.41, 5.74) is 6.68. The van der Waals surface area contributed by atoms with E-state index < -0.39 is 42.6 Å². The van der Waals surface area contributed by atoms with Gasteiger partial charge in [-0.05, 0) is 44.2 Å². The van der Waals surface area contributed by atoms with E-state index in [4.69, 9.17) is 5.73 Å². The Morgan fingerprint density at radius 3 is 2.23 bits per heavy atom. The topological polar surface area (TPSA) is 361 Å². The molecule has 2 heterocycles. The number of hydrogen-bond acceptors (Lipinski definition) is 11. The molecular weight excluding hydrogens is 554 g/mol. The number of fused-ring (bicyclic) bond motifs is 1. The van der Waals surface area contributed by atoms with E-state index in [9.17, 15) is 29.4 Å². The van der Waals surface area contributed by atoms with Gasteiger partial charge in [0.05, 0.1) is 18.2 Å². The number of nitrogens with zero attached hydrogens (tertiary/aromatic N) is 1. The quantitative estimate of drug-likeness (QED) is 0.146. The number of carboxylic acid groups (broad SMARTS) is 2. The zero-order chi connectivity index (χ0) is 24.1. The number of piperazine rings is 1. The van der Waals surface area contributed by atoms with Crippen molar-refractivity contribution >= 4 is 67.2 Å². The summed E-state index contributed by atoms with van der Waals surface area (Å²) in [6.45, 7) is 1.14. The third kappa shape index (κ3) is 11.8. The van der Waals surface area contributed by atoms with Crippen molar-refractivity contribution < 1.29 is 56.8 Å². The van der Waals surface area contributed by atoms with E-state index in [1.165, 1.54) is 12.1 Å². The van der Waals surface area contributed by atoms with Gasteiger partial charge in [0.15, 0.2) is 0 Å². The Hall–Kier alpha value is -2.20. The molecule has 1 aromatic rings. The summed E-state index contributed by atoms with van der Waals surface area (Å²) >= 11 is 0. The summed E-state index contributed by atoms with van der Waals surface area (Å²) in [6, 6.07) is 4.51. The first-order chi connectivity index (χ1) is 15.7. The number of benzene rings is 1. The van der Waals surface area contributed by atoms with E-state index in [2.05, 4.69) is 26.6 Å². The predicted molar refractivity (Wildman–Crippen MR) is 136 cm³/mol. The maximum absolute atomic E-state index is 12.3. The van der Waals surface area contributed by atoms with Gasteiger partial charge in [-0.3, -0.25) is 30.9 Å². The Balaban J connectivity index is -0.00000102. The van der Waals surface area contributed by atoms with Crippen molar-refractivity contribution in [2.24, 2.45) is 5.73 Å². The summed E-state index contributed by atoms with van der Waals surface area (Å²) in [6.07, 6.45) is -1.69. The molecular formula is C20H37CaN7O11. The number of anilines is 1. The first kappa shape index (κ1) is 43.8.